The zero-order valence-corrected chi connectivity index (χ0v) is 11.6. The van der Waals surface area contributed by atoms with Crippen molar-refractivity contribution in [1.29, 1.82) is 0 Å². The number of hydrogen-bond donors (Lipinski definition) is 2. The molecule has 3 aromatic rings. The van der Waals surface area contributed by atoms with Crippen LogP contribution in [0.5, 0.6) is 0 Å². The van der Waals surface area contributed by atoms with Crippen molar-refractivity contribution in [2.45, 2.75) is 0 Å². The average molecular weight is 291 g/mol. The highest BCUT2D eigenvalue weighted by Gasteiger charge is 2.14. The summed E-state index contributed by atoms with van der Waals surface area (Å²) in [6.45, 7) is 0. The Labute approximate surface area is 127 Å². The number of rotatable bonds is 3. The third-order valence-electron chi connectivity index (χ3n) is 3.12. The molecular formula is C16H13N5O. The van der Waals surface area contributed by atoms with Gasteiger partial charge >= 0.3 is 0 Å². The lowest BCUT2D eigenvalue weighted by Crippen LogP contribution is -2.14. The molecule has 0 unspecified atom stereocenters. The lowest BCUT2D eigenvalue weighted by atomic mass is 10.1. The molecule has 1 heterocycles. The van der Waals surface area contributed by atoms with Crippen LogP contribution in [0.15, 0.2) is 61.2 Å². The molecule has 0 atom stereocenters. The van der Waals surface area contributed by atoms with Crippen molar-refractivity contribution in [3.63, 3.8) is 0 Å². The molecule has 3 rings (SSSR count). The number of nitrogens with one attached hydrogen (secondary N) is 1. The van der Waals surface area contributed by atoms with Gasteiger partial charge in [0.05, 0.1) is 11.3 Å². The molecule has 0 saturated heterocycles. The third kappa shape index (κ3) is 2.76. The van der Waals surface area contributed by atoms with Gasteiger partial charge in [-0.15, -0.1) is 0 Å². The van der Waals surface area contributed by atoms with E-state index in [0.717, 1.165) is 0 Å². The quantitative estimate of drug-likeness (QED) is 0.722. The molecule has 6 heteroatoms. The Morgan fingerprint density at radius 1 is 0.955 bits per heavy atom. The minimum atomic E-state index is -0.278. The second-order valence-electron chi connectivity index (χ2n) is 4.55. The van der Waals surface area contributed by atoms with Gasteiger partial charge in [0.15, 0.2) is 5.82 Å². The molecule has 6 nitrogen and oxygen atoms in total. The van der Waals surface area contributed by atoms with Gasteiger partial charge in [-0.25, -0.2) is 15.0 Å². The first kappa shape index (κ1) is 13.7. The van der Waals surface area contributed by atoms with E-state index < -0.39 is 0 Å². The molecule has 108 valence electrons. The van der Waals surface area contributed by atoms with Crippen LogP contribution in [0.2, 0.25) is 0 Å². The van der Waals surface area contributed by atoms with Crippen molar-refractivity contribution in [2.75, 3.05) is 11.1 Å². The van der Waals surface area contributed by atoms with Gasteiger partial charge in [-0.1, -0.05) is 24.3 Å². The molecule has 22 heavy (non-hydrogen) atoms. The predicted octanol–water partition coefficient (Wildman–Crippen LogP) is 2.37. The molecule has 0 fully saturated rings. The van der Waals surface area contributed by atoms with Gasteiger partial charge in [0, 0.05) is 11.3 Å². The molecule has 0 aliphatic rings. The summed E-state index contributed by atoms with van der Waals surface area (Å²) in [5.74, 6) is 0.154. The largest absolute Gasteiger partial charge is 0.397 e. The van der Waals surface area contributed by atoms with Crippen molar-refractivity contribution in [3.05, 3.63) is 66.7 Å². The van der Waals surface area contributed by atoms with Crippen LogP contribution in [-0.4, -0.2) is 20.9 Å². The first-order valence-corrected chi connectivity index (χ1v) is 6.63. The Balaban J connectivity index is 1.93. The molecule has 0 saturated carbocycles. The standard InChI is InChI=1S/C16H13N5O/c17-14-12(15-19-9-18-10-20-15)7-4-8-13(14)16(22)21-11-5-2-1-3-6-11/h1-10H,17H2,(H,21,22). The number of para-hydroxylation sites is 2. The average Bonchev–Trinajstić information content (AvgIpc) is 2.56. The van der Waals surface area contributed by atoms with E-state index in [1.54, 1.807) is 18.2 Å². The highest BCUT2D eigenvalue weighted by atomic mass is 16.1. The van der Waals surface area contributed by atoms with E-state index in [-0.39, 0.29) is 5.91 Å². The third-order valence-corrected chi connectivity index (χ3v) is 3.12. The molecule has 1 aromatic heterocycles. The molecule has 2 aromatic carbocycles. The van der Waals surface area contributed by atoms with Gasteiger partial charge in [0.1, 0.15) is 12.7 Å². The fraction of sp³-hybridized carbons (Fsp3) is 0. The number of nitrogens with zero attached hydrogens (tertiary/aromatic N) is 3. The maximum atomic E-state index is 12.4. The highest BCUT2D eigenvalue weighted by molar-refractivity contribution is 6.09. The maximum absolute atomic E-state index is 12.4. The number of nitrogen functional groups attached to an aromatic ring is 1. The van der Waals surface area contributed by atoms with Gasteiger partial charge in [-0.2, -0.15) is 0 Å². The molecule has 0 radical (unpaired) electrons. The number of hydrogen-bond acceptors (Lipinski definition) is 5. The van der Waals surface area contributed by atoms with Gasteiger partial charge in [0.25, 0.3) is 5.91 Å². The molecule has 0 bridgehead atoms. The summed E-state index contributed by atoms with van der Waals surface area (Å²) in [5, 5.41) is 2.81. The zero-order chi connectivity index (χ0) is 15.4. The van der Waals surface area contributed by atoms with Crippen LogP contribution >= 0.6 is 0 Å². The summed E-state index contributed by atoms with van der Waals surface area (Å²) in [6.07, 6.45) is 2.77. The Kier molecular flexibility index (Phi) is 3.74. The molecule has 1 amide bonds. The number of carbonyl (C=O) groups excluding carboxylic acids is 1. The van der Waals surface area contributed by atoms with Crippen LogP contribution < -0.4 is 11.1 Å². The van der Waals surface area contributed by atoms with Gasteiger partial charge < -0.3 is 11.1 Å². The number of amides is 1. The van der Waals surface area contributed by atoms with Gasteiger partial charge in [-0.05, 0) is 24.3 Å². The molecule has 0 spiro atoms. The lowest BCUT2D eigenvalue weighted by molar-refractivity contribution is 0.102. The van der Waals surface area contributed by atoms with Crippen molar-refractivity contribution in [1.82, 2.24) is 15.0 Å². The van der Waals surface area contributed by atoms with Crippen molar-refractivity contribution in [2.24, 2.45) is 0 Å². The number of carbonyl (C=O) groups is 1. The van der Waals surface area contributed by atoms with Crippen LogP contribution in [0.4, 0.5) is 11.4 Å². The number of nitrogens with two attached hydrogens (primary N) is 1. The van der Waals surface area contributed by atoms with E-state index in [4.69, 9.17) is 5.73 Å². The maximum Gasteiger partial charge on any atom is 0.257 e. The Morgan fingerprint density at radius 2 is 1.68 bits per heavy atom. The summed E-state index contributed by atoms with van der Waals surface area (Å²) >= 11 is 0. The van der Waals surface area contributed by atoms with Gasteiger partial charge in [-0.3, -0.25) is 4.79 Å². The Morgan fingerprint density at radius 3 is 2.41 bits per heavy atom. The van der Waals surface area contributed by atoms with E-state index >= 15 is 0 Å². The summed E-state index contributed by atoms with van der Waals surface area (Å²) in [5.41, 5.74) is 8.13. The lowest BCUT2D eigenvalue weighted by Gasteiger charge is -2.10. The monoisotopic (exact) mass is 291 g/mol. The van der Waals surface area contributed by atoms with Crippen LogP contribution in [0.25, 0.3) is 11.4 Å². The minimum absolute atomic E-state index is 0.278. The fourth-order valence-electron chi connectivity index (χ4n) is 2.06. The zero-order valence-electron chi connectivity index (χ0n) is 11.6. The molecule has 0 aliphatic carbocycles. The summed E-state index contributed by atoms with van der Waals surface area (Å²) in [6, 6.07) is 14.4. The number of aromatic nitrogens is 3. The van der Waals surface area contributed by atoms with Crippen LogP contribution in [0, 0.1) is 0 Å². The number of benzene rings is 2. The second-order valence-corrected chi connectivity index (χ2v) is 4.55. The van der Waals surface area contributed by atoms with E-state index in [1.807, 2.05) is 30.3 Å². The molecular weight excluding hydrogens is 278 g/mol. The van der Waals surface area contributed by atoms with Crippen LogP contribution in [-0.2, 0) is 0 Å². The Hall–Kier alpha value is -3.28. The highest BCUT2D eigenvalue weighted by Crippen LogP contribution is 2.26. The van der Waals surface area contributed by atoms with E-state index in [2.05, 4.69) is 20.3 Å². The summed E-state index contributed by atoms with van der Waals surface area (Å²) < 4.78 is 0. The van der Waals surface area contributed by atoms with Crippen LogP contribution in [0.3, 0.4) is 0 Å². The first-order chi connectivity index (χ1) is 10.8. The van der Waals surface area contributed by atoms with Crippen molar-refractivity contribution in [3.8, 4) is 11.4 Å². The summed E-state index contributed by atoms with van der Waals surface area (Å²) in [4.78, 5) is 24.3. The Bertz CT molecular complexity index is 790. The topological polar surface area (TPSA) is 93.8 Å². The molecule has 0 aliphatic heterocycles. The minimum Gasteiger partial charge on any atom is -0.397 e. The van der Waals surface area contributed by atoms with Crippen LogP contribution in [0.1, 0.15) is 10.4 Å². The predicted molar refractivity (Wildman–Crippen MR) is 84.1 cm³/mol. The first-order valence-electron chi connectivity index (χ1n) is 6.63. The number of anilines is 2. The SMILES string of the molecule is Nc1c(C(=O)Nc2ccccc2)cccc1-c1ncncn1. The fourth-order valence-corrected chi connectivity index (χ4v) is 2.06. The van der Waals surface area contributed by atoms with Crippen molar-refractivity contribution >= 4 is 17.3 Å². The van der Waals surface area contributed by atoms with E-state index in [0.29, 0.717) is 28.3 Å². The van der Waals surface area contributed by atoms with E-state index in [1.165, 1.54) is 12.7 Å². The summed E-state index contributed by atoms with van der Waals surface area (Å²) in [7, 11) is 0. The normalized spacial score (nSPS) is 10.2. The second kappa shape index (κ2) is 6.01. The smallest absolute Gasteiger partial charge is 0.257 e. The van der Waals surface area contributed by atoms with E-state index in [9.17, 15) is 4.79 Å². The molecule has 3 N–H and O–H groups in total. The van der Waals surface area contributed by atoms with Crippen molar-refractivity contribution < 1.29 is 4.79 Å². The van der Waals surface area contributed by atoms with Gasteiger partial charge in [0.2, 0.25) is 0 Å².